The summed E-state index contributed by atoms with van der Waals surface area (Å²) in [6.45, 7) is 11.3. The van der Waals surface area contributed by atoms with Crippen molar-refractivity contribution in [3.8, 4) is 0 Å². The molecule has 1 aliphatic heterocycles. The molecule has 0 bridgehead atoms. The number of nitrogens with two attached hydrogens (primary N) is 1. The minimum absolute atomic E-state index is 0.145. The van der Waals surface area contributed by atoms with E-state index in [1.165, 1.54) is 0 Å². The zero-order valence-corrected chi connectivity index (χ0v) is 11.0. The van der Waals surface area contributed by atoms with Gasteiger partial charge in [0.05, 0.1) is 13.2 Å². The molecule has 1 aliphatic rings. The van der Waals surface area contributed by atoms with E-state index in [1.54, 1.807) is 0 Å². The highest BCUT2D eigenvalue weighted by molar-refractivity contribution is 4.84. The fraction of sp³-hybridized carbons (Fsp3) is 1.00. The van der Waals surface area contributed by atoms with Gasteiger partial charge in [-0.25, -0.2) is 0 Å². The molecule has 2 N–H and O–H groups in total. The molecule has 0 aromatic heterocycles. The monoisotopic (exact) mass is 229 g/mol. The minimum Gasteiger partial charge on any atom is -0.379 e. The fourth-order valence-corrected chi connectivity index (χ4v) is 1.96. The lowest BCUT2D eigenvalue weighted by Gasteiger charge is -2.39. The Labute approximate surface area is 99.7 Å². The Morgan fingerprint density at radius 1 is 1.38 bits per heavy atom. The van der Waals surface area contributed by atoms with Crippen molar-refractivity contribution in [2.75, 3.05) is 53.0 Å². The van der Waals surface area contributed by atoms with Gasteiger partial charge in [0.15, 0.2) is 0 Å². The summed E-state index contributed by atoms with van der Waals surface area (Å²) in [4.78, 5) is 4.86. The molecule has 0 radical (unpaired) electrons. The maximum absolute atomic E-state index is 5.85. The van der Waals surface area contributed by atoms with Gasteiger partial charge in [0.1, 0.15) is 0 Å². The first-order valence-electron chi connectivity index (χ1n) is 6.34. The van der Waals surface area contributed by atoms with Crippen LogP contribution in [-0.2, 0) is 4.74 Å². The summed E-state index contributed by atoms with van der Waals surface area (Å²) in [5.74, 6) is 0. The summed E-state index contributed by atoms with van der Waals surface area (Å²) >= 11 is 0. The van der Waals surface area contributed by atoms with Crippen molar-refractivity contribution >= 4 is 0 Å². The van der Waals surface area contributed by atoms with Gasteiger partial charge in [-0.1, -0.05) is 6.92 Å². The van der Waals surface area contributed by atoms with Crippen molar-refractivity contribution in [2.24, 2.45) is 5.73 Å². The van der Waals surface area contributed by atoms with E-state index in [9.17, 15) is 0 Å². The van der Waals surface area contributed by atoms with E-state index in [0.717, 1.165) is 52.4 Å². The lowest BCUT2D eigenvalue weighted by atomic mass is 9.97. The van der Waals surface area contributed by atoms with Crippen LogP contribution in [0.1, 0.15) is 20.3 Å². The zero-order chi connectivity index (χ0) is 12.0. The Morgan fingerprint density at radius 3 is 2.50 bits per heavy atom. The summed E-state index contributed by atoms with van der Waals surface area (Å²) in [5.41, 5.74) is 6.00. The largest absolute Gasteiger partial charge is 0.379 e. The van der Waals surface area contributed by atoms with Gasteiger partial charge >= 0.3 is 0 Å². The molecule has 1 fully saturated rings. The van der Waals surface area contributed by atoms with Crippen LogP contribution in [0.15, 0.2) is 0 Å². The molecule has 4 nitrogen and oxygen atoms in total. The summed E-state index contributed by atoms with van der Waals surface area (Å²) < 4.78 is 5.34. The van der Waals surface area contributed by atoms with Crippen LogP contribution >= 0.6 is 0 Å². The molecular weight excluding hydrogens is 202 g/mol. The molecule has 0 aromatic carbocycles. The zero-order valence-electron chi connectivity index (χ0n) is 11.0. The standard InChI is InChI=1S/C12H27N3O/c1-4-12(2,11-13)14(3)5-6-15-7-9-16-10-8-15/h4-11,13H2,1-3H3. The summed E-state index contributed by atoms with van der Waals surface area (Å²) in [5, 5.41) is 0. The molecule has 1 unspecified atom stereocenters. The van der Waals surface area contributed by atoms with E-state index in [-0.39, 0.29) is 5.54 Å². The van der Waals surface area contributed by atoms with Gasteiger partial charge in [0.2, 0.25) is 0 Å². The molecule has 1 saturated heterocycles. The number of rotatable bonds is 6. The van der Waals surface area contributed by atoms with Crippen molar-refractivity contribution in [1.29, 1.82) is 0 Å². The third-order valence-electron chi connectivity index (χ3n) is 3.98. The normalized spacial score (nSPS) is 22.3. The lowest BCUT2D eigenvalue weighted by molar-refractivity contribution is 0.0278. The number of nitrogens with zero attached hydrogens (tertiary/aromatic N) is 2. The number of likely N-dealkylation sites (N-methyl/N-ethyl adjacent to an activating group) is 1. The Balaban J connectivity index is 2.30. The van der Waals surface area contributed by atoms with E-state index >= 15 is 0 Å². The van der Waals surface area contributed by atoms with E-state index in [0.29, 0.717) is 0 Å². The van der Waals surface area contributed by atoms with E-state index in [4.69, 9.17) is 10.5 Å². The Kier molecular flexibility index (Phi) is 5.69. The highest BCUT2D eigenvalue weighted by atomic mass is 16.5. The molecular formula is C12H27N3O. The SMILES string of the molecule is CCC(C)(CN)N(C)CCN1CCOCC1. The predicted molar refractivity (Wildman–Crippen MR) is 67.6 cm³/mol. The molecule has 4 heteroatoms. The van der Waals surface area contributed by atoms with Crippen LogP contribution in [0.4, 0.5) is 0 Å². The lowest BCUT2D eigenvalue weighted by Crippen LogP contribution is -2.52. The maximum atomic E-state index is 5.85. The van der Waals surface area contributed by atoms with E-state index < -0.39 is 0 Å². The Morgan fingerprint density at radius 2 is 2.00 bits per heavy atom. The summed E-state index contributed by atoms with van der Waals surface area (Å²) in [7, 11) is 2.18. The van der Waals surface area contributed by atoms with Crippen LogP contribution in [0.25, 0.3) is 0 Å². The van der Waals surface area contributed by atoms with Crippen LogP contribution in [-0.4, -0.2) is 68.3 Å². The molecule has 0 aromatic rings. The quantitative estimate of drug-likeness (QED) is 0.715. The van der Waals surface area contributed by atoms with Gasteiger partial charge in [0, 0.05) is 38.3 Å². The number of ether oxygens (including phenoxy) is 1. The van der Waals surface area contributed by atoms with Crippen LogP contribution in [0.3, 0.4) is 0 Å². The van der Waals surface area contributed by atoms with Crippen LogP contribution in [0.2, 0.25) is 0 Å². The summed E-state index contributed by atoms with van der Waals surface area (Å²) in [6, 6.07) is 0. The molecule has 0 amide bonds. The van der Waals surface area contributed by atoms with E-state index in [1.807, 2.05) is 0 Å². The van der Waals surface area contributed by atoms with Crippen molar-refractivity contribution in [1.82, 2.24) is 9.80 Å². The predicted octanol–water partition coefficient (Wildman–Crippen LogP) is 0.378. The van der Waals surface area contributed by atoms with Crippen LogP contribution < -0.4 is 5.73 Å². The molecule has 0 aliphatic carbocycles. The molecule has 96 valence electrons. The van der Waals surface area contributed by atoms with Gasteiger partial charge in [-0.2, -0.15) is 0 Å². The second-order valence-corrected chi connectivity index (χ2v) is 4.93. The second-order valence-electron chi connectivity index (χ2n) is 4.93. The molecule has 0 saturated carbocycles. The van der Waals surface area contributed by atoms with Gasteiger partial charge < -0.3 is 10.5 Å². The fourth-order valence-electron chi connectivity index (χ4n) is 1.96. The van der Waals surface area contributed by atoms with Gasteiger partial charge in [-0.05, 0) is 20.4 Å². The smallest absolute Gasteiger partial charge is 0.0594 e. The molecule has 0 spiro atoms. The molecule has 16 heavy (non-hydrogen) atoms. The number of hydrogen-bond acceptors (Lipinski definition) is 4. The first-order chi connectivity index (χ1) is 7.62. The Bertz CT molecular complexity index is 189. The van der Waals surface area contributed by atoms with Crippen molar-refractivity contribution in [3.63, 3.8) is 0 Å². The average molecular weight is 229 g/mol. The number of morpholine rings is 1. The average Bonchev–Trinajstić information content (AvgIpc) is 2.36. The van der Waals surface area contributed by atoms with Gasteiger partial charge in [0.25, 0.3) is 0 Å². The van der Waals surface area contributed by atoms with Crippen molar-refractivity contribution in [3.05, 3.63) is 0 Å². The van der Waals surface area contributed by atoms with Crippen LogP contribution in [0.5, 0.6) is 0 Å². The third-order valence-corrected chi connectivity index (χ3v) is 3.98. The third kappa shape index (κ3) is 3.70. The molecule has 1 atom stereocenters. The highest BCUT2D eigenvalue weighted by Gasteiger charge is 2.25. The maximum Gasteiger partial charge on any atom is 0.0594 e. The first kappa shape index (κ1) is 13.9. The van der Waals surface area contributed by atoms with Gasteiger partial charge in [-0.3, -0.25) is 9.80 Å². The first-order valence-corrected chi connectivity index (χ1v) is 6.34. The molecule has 1 heterocycles. The minimum atomic E-state index is 0.145. The second kappa shape index (κ2) is 6.55. The summed E-state index contributed by atoms with van der Waals surface area (Å²) in [6.07, 6.45) is 1.10. The number of hydrogen-bond donors (Lipinski definition) is 1. The van der Waals surface area contributed by atoms with Crippen molar-refractivity contribution < 1.29 is 4.74 Å². The Hall–Kier alpha value is -0.160. The topological polar surface area (TPSA) is 41.7 Å². The van der Waals surface area contributed by atoms with Gasteiger partial charge in [-0.15, -0.1) is 0 Å². The molecule has 1 rings (SSSR count). The highest BCUT2D eigenvalue weighted by Crippen LogP contribution is 2.15. The van der Waals surface area contributed by atoms with Crippen LogP contribution in [0, 0.1) is 0 Å². The van der Waals surface area contributed by atoms with E-state index in [2.05, 4.69) is 30.7 Å². The van der Waals surface area contributed by atoms with Crippen molar-refractivity contribution in [2.45, 2.75) is 25.8 Å².